The maximum Gasteiger partial charge on any atom is 0.0473 e. The molecule has 0 bridgehead atoms. The summed E-state index contributed by atoms with van der Waals surface area (Å²) in [6, 6.07) is 19.8. The Morgan fingerprint density at radius 1 is 1.05 bits per heavy atom. The number of nitrogens with one attached hydrogen (secondary N) is 1. The second-order valence-corrected chi connectivity index (χ2v) is 5.39. The van der Waals surface area contributed by atoms with Crippen molar-refractivity contribution in [2.75, 3.05) is 20.6 Å². The smallest absolute Gasteiger partial charge is 0.0473 e. The molecule has 0 aliphatic heterocycles. The van der Waals surface area contributed by atoms with Crippen molar-refractivity contribution in [1.29, 1.82) is 0 Å². The van der Waals surface area contributed by atoms with Crippen LogP contribution in [0.15, 0.2) is 54.6 Å². The zero-order valence-corrected chi connectivity index (χ0v) is 12.6. The van der Waals surface area contributed by atoms with Crippen molar-refractivity contribution in [3.8, 4) is 0 Å². The topological polar surface area (TPSA) is 15.3 Å². The summed E-state index contributed by atoms with van der Waals surface area (Å²) >= 11 is 0. The van der Waals surface area contributed by atoms with Crippen LogP contribution < -0.4 is 5.32 Å². The lowest BCUT2D eigenvalue weighted by Gasteiger charge is -2.28. The Labute approximate surface area is 122 Å². The summed E-state index contributed by atoms with van der Waals surface area (Å²) in [6.45, 7) is 4.06. The fourth-order valence-electron chi connectivity index (χ4n) is 2.61. The number of hydrogen-bond donors (Lipinski definition) is 1. The van der Waals surface area contributed by atoms with Gasteiger partial charge in [0.1, 0.15) is 0 Å². The van der Waals surface area contributed by atoms with Crippen molar-refractivity contribution in [3.63, 3.8) is 0 Å². The predicted molar refractivity (Wildman–Crippen MR) is 85.8 cm³/mol. The molecule has 0 amide bonds. The van der Waals surface area contributed by atoms with Crippen LogP contribution in [0.25, 0.3) is 0 Å². The number of likely N-dealkylation sites (N-methyl/N-ethyl adjacent to an activating group) is 2. The van der Waals surface area contributed by atoms with Gasteiger partial charge in [0.15, 0.2) is 0 Å². The van der Waals surface area contributed by atoms with Gasteiger partial charge >= 0.3 is 0 Å². The molecule has 2 aromatic rings. The van der Waals surface area contributed by atoms with Gasteiger partial charge in [0.05, 0.1) is 0 Å². The highest BCUT2D eigenvalue weighted by Gasteiger charge is 2.16. The average Bonchev–Trinajstić information content (AvgIpc) is 2.45. The molecule has 2 heteroatoms. The van der Waals surface area contributed by atoms with E-state index in [0.717, 1.165) is 13.1 Å². The predicted octanol–water partition coefficient (Wildman–Crippen LogP) is 3.39. The van der Waals surface area contributed by atoms with Crippen LogP contribution in [0, 0.1) is 6.92 Å². The van der Waals surface area contributed by atoms with E-state index in [1.807, 2.05) is 7.05 Å². The number of hydrogen-bond acceptors (Lipinski definition) is 2. The molecule has 0 heterocycles. The van der Waals surface area contributed by atoms with Crippen LogP contribution >= 0.6 is 0 Å². The maximum atomic E-state index is 3.30. The van der Waals surface area contributed by atoms with Gasteiger partial charge in [-0.05, 0) is 32.1 Å². The molecule has 0 aromatic heterocycles. The quantitative estimate of drug-likeness (QED) is 0.864. The Bertz CT molecular complexity index is 522. The van der Waals surface area contributed by atoms with E-state index < -0.39 is 0 Å². The van der Waals surface area contributed by atoms with Gasteiger partial charge in [-0.2, -0.15) is 0 Å². The number of benzene rings is 2. The van der Waals surface area contributed by atoms with Gasteiger partial charge in [0.2, 0.25) is 0 Å². The molecular weight excluding hydrogens is 244 g/mol. The van der Waals surface area contributed by atoms with Crippen molar-refractivity contribution in [2.24, 2.45) is 0 Å². The molecule has 0 radical (unpaired) electrons. The van der Waals surface area contributed by atoms with E-state index >= 15 is 0 Å². The van der Waals surface area contributed by atoms with Crippen molar-refractivity contribution in [1.82, 2.24) is 10.2 Å². The van der Waals surface area contributed by atoms with Crippen LogP contribution in [0.4, 0.5) is 0 Å². The van der Waals surface area contributed by atoms with E-state index in [2.05, 4.69) is 78.8 Å². The monoisotopic (exact) mass is 268 g/mol. The highest BCUT2D eigenvalue weighted by molar-refractivity contribution is 5.23. The van der Waals surface area contributed by atoms with Gasteiger partial charge in [-0.3, -0.25) is 4.90 Å². The van der Waals surface area contributed by atoms with E-state index in [4.69, 9.17) is 0 Å². The van der Waals surface area contributed by atoms with E-state index in [9.17, 15) is 0 Å². The van der Waals surface area contributed by atoms with Crippen molar-refractivity contribution >= 4 is 0 Å². The molecule has 1 N–H and O–H groups in total. The minimum absolute atomic E-state index is 0.390. The fourth-order valence-corrected chi connectivity index (χ4v) is 2.61. The third-order valence-electron chi connectivity index (χ3n) is 3.63. The second-order valence-electron chi connectivity index (χ2n) is 5.39. The van der Waals surface area contributed by atoms with Crippen LogP contribution in [0.3, 0.4) is 0 Å². The molecule has 0 aliphatic rings. The van der Waals surface area contributed by atoms with E-state index in [0.29, 0.717) is 6.04 Å². The SMILES string of the molecule is CNCC(c1ccccc1)N(C)Cc1cccc(C)c1. The fraction of sp³-hybridized carbons (Fsp3) is 0.333. The molecule has 0 spiro atoms. The number of nitrogens with zero attached hydrogens (tertiary/aromatic N) is 1. The Hall–Kier alpha value is -1.64. The Morgan fingerprint density at radius 2 is 1.80 bits per heavy atom. The summed E-state index contributed by atoms with van der Waals surface area (Å²) in [7, 11) is 4.20. The van der Waals surface area contributed by atoms with Gasteiger partial charge in [-0.1, -0.05) is 60.2 Å². The summed E-state index contributed by atoms with van der Waals surface area (Å²) in [5.74, 6) is 0. The second kappa shape index (κ2) is 7.22. The molecule has 106 valence electrons. The minimum atomic E-state index is 0.390. The van der Waals surface area contributed by atoms with Crippen LogP contribution in [0.2, 0.25) is 0 Å². The molecule has 0 aliphatic carbocycles. The highest BCUT2D eigenvalue weighted by atomic mass is 15.1. The normalized spacial score (nSPS) is 12.6. The Balaban J connectivity index is 2.13. The minimum Gasteiger partial charge on any atom is -0.318 e. The zero-order valence-electron chi connectivity index (χ0n) is 12.6. The van der Waals surface area contributed by atoms with Crippen LogP contribution in [-0.2, 0) is 6.54 Å². The first-order chi connectivity index (χ1) is 9.70. The van der Waals surface area contributed by atoms with Gasteiger partial charge in [-0.25, -0.2) is 0 Å². The molecular formula is C18H24N2. The molecule has 2 rings (SSSR count). The first kappa shape index (κ1) is 14.8. The van der Waals surface area contributed by atoms with Crippen LogP contribution in [-0.4, -0.2) is 25.5 Å². The first-order valence-electron chi connectivity index (χ1n) is 7.16. The summed E-state index contributed by atoms with van der Waals surface area (Å²) in [4.78, 5) is 2.40. The lowest BCUT2D eigenvalue weighted by atomic mass is 10.0. The van der Waals surface area contributed by atoms with Crippen molar-refractivity contribution in [3.05, 3.63) is 71.3 Å². The van der Waals surface area contributed by atoms with Crippen LogP contribution in [0.5, 0.6) is 0 Å². The Morgan fingerprint density at radius 3 is 2.45 bits per heavy atom. The van der Waals surface area contributed by atoms with Crippen molar-refractivity contribution in [2.45, 2.75) is 19.5 Å². The van der Waals surface area contributed by atoms with Crippen LogP contribution in [0.1, 0.15) is 22.7 Å². The summed E-state index contributed by atoms with van der Waals surface area (Å²) < 4.78 is 0. The largest absolute Gasteiger partial charge is 0.318 e. The van der Waals surface area contributed by atoms with Gasteiger partial charge in [0.25, 0.3) is 0 Å². The molecule has 20 heavy (non-hydrogen) atoms. The van der Waals surface area contributed by atoms with E-state index in [1.54, 1.807) is 0 Å². The summed E-state index contributed by atoms with van der Waals surface area (Å²) in [5.41, 5.74) is 4.04. The summed E-state index contributed by atoms with van der Waals surface area (Å²) in [5, 5.41) is 3.30. The average molecular weight is 268 g/mol. The number of rotatable bonds is 6. The lowest BCUT2D eigenvalue weighted by molar-refractivity contribution is 0.233. The van der Waals surface area contributed by atoms with Crippen molar-refractivity contribution < 1.29 is 0 Å². The zero-order chi connectivity index (χ0) is 14.4. The van der Waals surface area contributed by atoms with Gasteiger partial charge < -0.3 is 5.32 Å². The number of aryl methyl sites for hydroxylation is 1. The molecule has 0 fully saturated rings. The van der Waals surface area contributed by atoms with E-state index in [-0.39, 0.29) is 0 Å². The summed E-state index contributed by atoms with van der Waals surface area (Å²) in [6.07, 6.45) is 0. The molecule has 0 saturated heterocycles. The lowest BCUT2D eigenvalue weighted by Crippen LogP contribution is -2.31. The maximum absolute atomic E-state index is 3.30. The third kappa shape index (κ3) is 3.92. The molecule has 1 unspecified atom stereocenters. The molecule has 2 aromatic carbocycles. The highest BCUT2D eigenvalue weighted by Crippen LogP contribution is 2.20. The molecule has 2 nitrogen and oxygen atoms in total. The Kier molecular flexibility index (Phi) is 5.33. The standard InChI is InChI=1S/C18H24N2/c1-15-8-7-9-16(12-15)14-20(3)18(13-19-2)17-10-5-4-6-11-17/h4-12,18-19H,13-14H2,1-3H3. The third-order valence-corrected chi connectivity index (χ3v) is 3.63. The van der Waals surface area contributed by atoms with Gasteiger partial charge in [0, 0.05) is 19.1 Å². The first-order valence-corrected chi connectivity index (χ1v) is 7.16. The molecule has 0 saturated carbocycles. The van der Waals surface area contributed by atoms with Gasteiger partial charge in [-0.15, -0.1) is 0 Å². The van der Waals surface area contributed by atoms with E-state index in [1.165, 1.54) is 16.7 Å². The molecule has 1 atom stereocenters.